The van der Waals surface area contributed by atoms with Crippen molar-refractivity contribution in [2.45, 2.75) is 121 Å². The second kappa shape index (κ2) is 23.5. The number of aliphatic carboxylic acids is 1. The highest BCUT2D eigenvalue weighted by molar-refractivity contribution is 8.01. The molecule has 2 atom stereocenters. The number of ether oxygens (including phenoxy) is 1. The lowest BCUT2D eigenvalue weighted by molar-refractivity contribution is -0.142. The average Bonchev–Trinajstić information content (AvgIpc) is 2.69. The second-order valence-electron chi connectivity index (χ2n) is 7.86. The molecule has 0 heterocycles. The van der Waals surface area contributed by atoms with E-state index in [1.165, 1.54) is 77.0 Å². The molecular weight excluding hydrogens is 409 g/mol. The molecule has 0 aliphatic rings. The van der Waals surface area contributed by atoms with Gasteiger partial charge in [0.25, 0.3) is 0 Å². The standard InChI is InChI=1S/C24H44O4S.Mg.2H/c1-4-5-6-7-8-9-10-11-12-13-14-15-16-17-18-19-20-28-24(27)22(3)29-21(2)23(25)26;;;/h11-12,21-22H,4-10,13-20H2,1-3H3,(H,25,26);;;/b12-11-;;;. The Balaban J connectivity index is 0. The van der Waals surface area contributed by atoms with E-state index >= 15 is 0 Å². The summed E-state index contributed by atoms with van der Waals surface area (Å²) in [4.78, 5) is 22.6. The fraction of sp³-hybridized carbons (Fsp3) is 0.833. The van der Waals surface area contributed by atoms with Crippen LogP contribution < -0.4 is 0 Å². The van der Waals surface area contributed by atoms with Gasteiger partial charge in [0.05, 0.1) is 6.61 Å². The van der Waals surface area contributed by atoms with Gasteiger partial charge in [0, 0.05) is 0 Å². The van der Waals surface area contributed by atoms with Crippen LogP contribution in [0.15, 0.2) is 12.2 Å². The number of rotatable bonds is 20. The Bertz CT molecular complexity index is 443. The largest absolute Gasteiger partial charge is 0.480 e. The molecule has 0 fully saturated rings. The molecule has 0 radical (unpaired) electrons. The number of carbonyl (C=O) groups is 2. The lowest BCUT2D eigenvalue weighted by Gasteiger charge is -2.13. The number of unbranched alkanes of at least 4 members (excludes halogenated alkanes) is 12. The predicted octanol–water partition coefficient (Wildman–Crippen LogP) is 6.25. The first-order chi connectivity index (χ1) is 14.0. The highest BCUT2D eigenvalue weighted by Crippen LogP contribution is 2.19. The quantitative estimate of drug-likeness (QED) is 0.102. The van der Waals surface area contributed by atoms with Gasteiger partial charge in [-0.3, -0.25) is 9.59 Å². The lowest BCUT2D eigenvalue weighted by Crippen LogP contribution is -2.23. The van der Waals surface area contributed by atoms with E-state index in [0.717, 1.165) is 24.6 Å². The van der Waals surface area contributed by atoms with Crippen LogP contribution in [0.5, 0.6) is 0 Å². The number of carboxylic acids is 1. The smallest absolute Gasteiger partial charge is 0.318 e. The Labute approximate surface area is 205 Å². The van der Waals surface area contributed by atoms with Crippen molar-refractivity contribution < 1.29 is 19.4 Å². The van der Waals surface area contributed by atoms with Gasteiger partial charge >= 0.3 is 35.0 Å². The van der Waals surface area contributed by atoms with Crippen molar-refractivity contribution in [2.24, 2.45) is 0 Å². The van der Waals surface area contributed by atoms with Crippen molar-refractivity contribution in [3.8, 4) is 0 Å². The van der Waals surface area contributed by atoms with Crippen LogP contribution in [-0.4, -0.2) is 57.2 Å². The van der Waals surface area contributed by atoms with Gasteiger partial charge in [-0.15, -0.1) is 11.8 Å². The first kappa shape index (κ1) is 32.0. The summed E-state index contributed by atoms with van der Waals surface area (Å²) >= 11 is 1.13. The molecule has 0 aliphatic heterocycles. The average molecular weight is 455 g/mol. The SMILES string of the molecule is CCCCCCCC/C=C\CCCCCCCCOC(=O)C(C)SC(C)C(=O)O.[MgH2]. The minimum atomic E-state index is -0.900. The van der Waals surface area contributed by atoms with Crippen molar-refractivity contribution in [2.75, 3.05) is 6.61 Å². The van der Waals surface area contributed by atoms with Gasteiger partial charge in [-0.05, 0) is 46.0 Å². The van der Waals surface area contributed by atoms with Crippen LogP contribution >= 0.6 is 11.8 Å². The minimum absolute atomic E-state index is 0. The zero-order valence-corrected chi connectivity index (χ0v) is 19.8. The summed E-state index contributed by atoms with van der Waals surface area (Å²) in [6, 6.07) is 0. The summed E-state index contributed by atoms with van der Waals surface area (Å²) in [6.07, 6.45) is 22.2. The minimum Gasteiger partial charge on any atom is -0.480 e. The molecule has 0 amide bonds. The van der Waals surface area contributed by atoms with Crippen molar-refractivity contribution in [3.63, 3.8) is 0 Å². The van der Waals surface area contributed by atoms with E-state index < -0.39 is 16.5 Å². The number of hydrogen-bond acceptors (Lipinski definition) is 4. The normalized spacial score (nSPS) is 13.0. The molecule has 1 N–H and O–H groups in total. The zero-order valence-electron chi connectivity index (χ0n) is 19.0. The molecule has 4 nitrogen and oxygen atoms in total. The Morgan fingerprint density at radius 3 is 1.77 bits per heavy atom. The summed E-state index contributed by atoms with van der Waals surface area (Å²) in [5, 5.41) is 7.84. The van der Waals surface area contributed by atoms with Crippen LogP contribution in [-0.2, 0) is 14.3 Å². The van der Waals surface area contributed by atoms with Gasteiger partial charge in [0.2, 0.25) is 0 Å². The van der Waals surface area contributed by atoms with Crippen LogP contribution in [0.2, 0.25) is 0 Å². The maximum absolute atomic E-state index is 11.8. The Kier molecular flexibility index (Phi) is 25.0. The summed E-state index contributed by atoms with van der Waals surface area (Å²) in [5.74, 6) is -1.21. The summed E-state index contributed by atoms with van der Waals surface area (Å²) in [7, 11) is 0. The van der Waals surface area contributed by atoms with E-state index in [9.17, 15) is 9.59 Å². The summed E-state index contributed by atoms with van der Waals surface area (Å²) in [5.41, 5.74) is 0. The van der Waals surface area contributed by atoms with E-state index in [-0.39, 0.29) is 29.0 Å². The molecule has 0 bridgehead atoms. The zero-order chi connectivity index (χ0) is 21.7. The van der Waals surface area contributed by atoms with E-state index in [2.05, 4.69) is 19.1 Å². The third-order valence-corrected chi connectivity index (χ3v) is 6.20. The maximum Gasteiger partial charge on any atom is 0.318 e. The number of allylic oxidation sites excluding steroid dienone is 2. The molecule has 0 saturated carbocycles. The summed E-state index contributed by atoms with van der Waals surface area (Å²) < 4.78 is 5.24. The highest BCUT2D eigenvalue weighted by Gasteiger charge is 2.21. The van der Waals surface area contributed by atoms with E-state index in [0.29, 0.717) is 6.61 Å². The van der Waals surface area contributed by atoms with Gasteiger partial charge in [-0.25, -0.2) is 0 Å². The Morgan fingerprint density at radius 1 is 0.800 bits per heavy atom. The first-order valence-corrected chi connectivity index (χ1v) is 12.6. The number of esters is 1. The van der Waals surface area contributed by atoms with Crippen molar-refractivity contribution in [3.05, 3.63) is 12.2 Å². The molecule has 0 aliphatic carbocycles. The molecule has 6 heteroatoms. The van der Waals surface area contributed by atoms with Crippen molar-refractivity contribution in [1.29, 1.82) is 0 Å². The Morgan fingerprint density at radius 2 is 1.27 bits per heavy atom. The van der Waals surface area contributed by atoms with E-state index in [1.54, 1.807) is 13.8 Å². The van der Waals surface area contributed by atoms with Crippen LogP contribution in [0.25, 0.3) is 0 Å². The molecule has 0 spiro atoms. The molecule has 0 rings (SSSR count). The van der Waals surface area contributed by atoms with Crippen molar-refractivity contribution >= 4 is 46.8 Å². The predicted molar refractivity (Wildman–Crippen MR) is 133 cm³/mol. The lowest BCUT2D eigenvalue weighted by atomic mass is 10.1. The first-order valence-electron chi connectivity index (χ1n) is 11.7. The molecule has 0 aromatic rings. The topological polar surface area (TPSA) is 63.6 Å². The van der Waals surface area contributed by atoms with E-state index in [1.807, 2.05) is 0 Å². The fourth-order valence-corrected chi connectivity index (χ4v) is 3.97. The molecule has 0 aromatic carbocycles. The van der Waals surface area contributed by atoms with Crippen LogP contribution in [0.4, 0.5) is 0 Å². The maximum atomic E-state index is 11.8. The van der Waals surface area contributed by atoms with Crippen molar-refractivity contribution in [1.82, 2.24) is 0 Å². The number of thioether (sulfide) groups is 1. The van der Waals surface area contributed by atoms with Crippen LogP contribution in [0.1, 0.15) is 111 Å². The third-order valence-electron chi connectivity index (χ3n) is 4.99. The third kappa shape index (κ3) is 21.0. The van der Waals surface area contributed by atoms with Gasteiger partial charge in [-0.1, -0.05) is 76.9 Å². The highest BCUT2D eigenvalue weighted by atomic mass is 32.2. The van der Waals surface area contributed by atoms with E-state index in [4.69, 9.17) is 9.84 Å². The molecule has 30 heavy (non-hydrogen) atoms. The summed E-state index contributed by atoms with van der Waals surface area (Å²) in [6.45, 7) is 5.98. The van der Waals surface area contributed by atoms with Crippen LogP contribution in [0.3, 0.4) is 0 Å². The number of carbonyl (C=O) groups excluding carboxylic acids is 1. The molecule has 0 saturated heterocycles. The monoisotopic (exact) mass is 454 g/mol. The molecular formula is C24H46MgO4S. The second-order valence-corrected chi connectivity index (χ2v) is 9.55. The number of hydrogen-bond donors (Lipinski definition) is 1. The molecule has 2 unspecified atom stereocenters. The number of carboxylic acid groups (broad SMARTS) is 1. The Hall–Kier alpha value is -0.204. The fourth-order valence-electron chi connectivity index (χ4n) is 3.06. The van der Waals surface area contributed by atoms with Gasteiger partial charge in [0.1, 0.15) is 10.5 Å². The molecule has 174 valence electrons. The van der Waals surface area contributed by atoms with Crippen LogP contribution in [0, 0.1) is 0 Å². The van der Waals surface area contributed by atoms with Gasteiger partial charge in [0.15, 0.2) is 0 Å². The van der Waals surface area contributed by atoms with Gasteiger partial charge in [-0.2, -0.15) is 0 Å². The molecule has 0 aromatic heterocycles. The van der Waals surface area contributed by atoms with Gasteiger partial charge < -0.3 is 9.84 Å².